The Labute approximate surface area is 136 Å². The maximum atomic E-state index is 12.5. The number of anilines is 1. The van der Waals surface area contributed by atoms with Crippen molar-refractivity contribution in [2.24, 2.45) is 0 Å². The van der Waals surface area contributed by atoms with E-state index in [-0.39, 0.29) is 11.9 Å². The molecule has 23 heavy (non-hydrogen) atoms. The van der Waals surface area contributed by atoms with Crippen molar-refractivity contribution in [1.29, 1.82) is 0 Å². The van der Waals surface area contributed by atoms with E-state index in [0.717, 1.165) is 19.5 Å². The third kappa shape index (κ3) is 3.35. The molecule has 3 rings (SSSR count). The Kier molecular flexibility index (Phi) is 4.57. The Hall–Kier alpha value is -2.40. The van der Waals surface area contributed by atoms with Crippen molar-refractivity contribution in [3.63, 3.8) is 0 Å². The highest BCUT2D eigenvalue weighted by atomic mass is 16.5. The summed E-state index contributed by atoms with van der Waals surface area (Å²) in [5.41, 5.74) is 2.68. The SMILES string of the molecule is COc1cccnc1NC(=O)[C@@H](C)N1CCc2ccccc2C1. The van der Waals surface area contributed by atoms with Gasteiger partial charge in [-0.2, -0.15) is 0 Å². The number of carbonyl (C=O) groups excluding carboxylic acids is 1. The molecule has 0 unspecified atom stereocenters. The Balaban J connectivity index is 1.69. The van der Waals surface area contributed by atoms with E-state index in [9.17, 15) is 4.79 Å². The highest BCUT2D eigenvalue weighted by Gasteiger charge is 2.25. The molecule has 0 radical (unpaired) electrons. The molecule has 1 atom stereocenters. The van der Waals surface area contributed by atoms with Gasteiger partial charge < -0.3 is 10.1 Å². The average molecular weight is 311 g/mol. The van der Waals surface area contributed by atoms with Gasteiger partial charge in [-0.05, 0) is 36.6 Å². The number of amides is 1. The Morgan fingerprint density at radius 2 is 2.04 bits per heavy atom. The molecule has 0 fully saturated rings. The lowest BCUT2D eigenvalue weighted by Gasteiger charge is -2.32. The van der Waals surface area contributed by atoms with Crippen molar-refractivity contribution in [2.45, 2.75) is 25.9 Å². The number of nitrogens with zero attached hydrogens (tertiary/aromatic N) is 2. The summed E-state index contributed by atoms with van der Waals surface area (Å²) in [5, 5.41) is 2.87. The van der Waals surface area contributed by atoms with E-state index in [0.29, 0.717) is 11.6 Å². The van der Waals surface area contributed by atoms with Gasteiger partial charge in [-0.3, -0.25) is 9.69 Å². The van der Waals surface area contributed by atoms with Crippen LogP contribution >= 0.6 is 0 Å². The van der Waals surface area contributed by atoms with Crippen LogP contribution in [0.3, 0.4) is 0 Å². The van der Waals surface area contributed by atoms with Crippen LogP contribution in [0.4, 0.5) is 5.82 Å². The number of hydrogen-bond donors (Lipinski definition) is 1. The highest BCUT2D eigenvalue weighted by Crippen LogP contribution is 2.23. The topological polar surface area (TPSA) is 54.5 Å². The van der Waals surface area contributed by atoms with Gasteiger partial charge in [0, 0.05) is 19.3 Å². The first-order valence-corrected chi connectivity index (χ1v) is 7.79. The summed E-state index contributed by atoms with van der Waals surface area (Å²) < 4.78 is 5.23. The first kappa shape index (κ1) is 15.5. The molecular weight excluding hydrogens is 290 g/mol. The van der Waals surface area contributed by atoms with E-state index in [1.54, 1.807) is 25.4 Å². The molecule has 120 valence electrons. The number of methoxy groups -OCH3 is 1. The number of aromatic nitrogens is 1. The molecule has 2 heterocycles. The van der Waals surface area contributed by atoms with Crippen LogP contribution in [0.2, 0.25) is 0 Å². The Morgan fingerprint density at radius 3 is 2.83 bits per heavy atom. The first-order valence-electron chi connectivity index (χ1n) is 7.79. The van der Waals surface area contributed by atoms with Crippen LogP contribution in [0.1, 0.15) is 18.1 Å². The Bertz CT molecular complexity index is 702. The third-order valence-electron chi connectivity index (χ3n) is 4.32. The van der Waals surface area contributed by atoms with Crippen LogP contribution in [-0.4, -0.2) is 35.5 Å². The minimum absolute atomic E-state index is 0.0682. The van der Waals surface area contributed by atoms with Crippen LogP contribution in [0, 0.1) is 0 Å². The molecule has 2 aromatic rings. The molecule has 1 N–H and O–H groups in total. The fraction of sp³-hybridized carbons (Fsp3) is 0.333. The molecule has 0 bridgehead atoms. The number of ether oxygens (including phenoxy) is 1. The second-order valence-electron chi connectivity index (χ2n) is 5.71. The normalized spacial score (nSPS) is 15.6. The zero-order chi connectivity index (χ0) is 16.2. The summed E-state index contributed by atoms with van der Waals surface area (Å²) in [6, 6.07) is 11.7. The van der Waals surface area contributed by atoms with E-state index in [2.05, 4.69) is 33.4 Å². The minimum Gasteiger partial charge on any atom is -0.493 e. The molecule has 0 aliphatic carbocycles. The van der Waals surface area contributed by atoms with Crippen molar-refractivity contribution in [3.8, 4) is 5.75 Å². The molecule has 5 heteroatoms. The van der Waals surface area contributed by atoms with E-state index in [1.165, 1.54) is 11.1 Å². The highest BCUT2D eigenvalue weighted by molar-refractivity contribution is 5.94. The lowest BCUT2D eigenvalue weighted by atomic mass is 9.99. The van der Waals surface area contributed by atoms with E-state index in [1.807, 2.05) is 13.0 Å². The predicted octanol–water partition coefficient (Wildman–Crippen LogP) is 2.48. The molecule has 1 amide bonds. The lowest BCUT2D eigenvalue weighted by Crippen LogP contribution is -2.44. The van der Waals surface area contributed by atoms with E-state index < -0.39 is 0 Å². The predicted molar refractivity (Wildman–Crippen MR) is 89.4 cm³/mol. The summed E-state index contributed by atoms with van der Waals surface area (Å²) in [5.74, 6) is 0.961. The van der Waals surface area contributed by atoms with Crippen molar-refractivity contribution in [3.05, 3.63) is 53.7 Å². The molecule has 1 aliphatic rings. The van der Waals surface area contributed by atoms with Gasteiger partial charge >= 0.3 is 0 Å². The van der Waals surface area contributed by atoms with Gasteiger partial charge in [0.1, 0.15) is 0 Å². The largest absolute Gasteiger partial charge is 0.493 e. The van der Waals surface area contributed by atoms with Crippen LogP contribution in [0.25, 0.3) is 0 Å². The molecule has 5 nitrogen and oxygen atoms in total. The lowest BCUT2D eigenvalue weighted by molar-refractivity contribution is -0.121. The van der Waals surface area contributed by atoms with Gasteiger partial charge in [-0.15, -0.1) is 0 Å². The van der Waals surface area contributed by atoms with Crippen LogP contribution in [-0.2, 0) is 17.8 Å². The molecule has 1 aromatic carbocycles. The molecule has 0 saturated carbocycles. The molecule has 1 aliphatic heterocycles. The number of hydrogen-bond acceptors (Lipinski definition) is 4. The van der Waals surface area contributed by atoms with Crippen LogP contribution in [0.5, 0.6) is 5.75 Å². The van der Waals surface area contributed by atoms with Crippen LogP contribution < -0.4 is 10.1 Å². The summed E-state index contributed by atoms with van der Waals surface area (Å²) in [6.07, 6.45) is 2.61. The standard InChI is InChI=1S/C18H21N3O2/c1-13(18(22)20-17-16(23-2)8-5-10-19-17)21-11-9-14-6-3-4-7-15(14)12-21/h3-8,10,13H,9,11-12H2,1-2H3,(H,19,20,22)/t13-/m1/s1. The summed E-state index contributed by atoms with van der Waals surface area (Å²) in [4.78, 5) is 18.9. The first-order chi connectivity index (χ1) is 11.2. The maximum Gasteiger partial charge on any atom is 0.242 e. The molecule has 0 spiro atoms. The monoisotopic (exact) mass is 311 g/mol. The van der Waals surface area contributed by atoms with Gasteiger partial charge in [0.25, 0.3) is 0 Å². The maximum absolute atomic E-state index is 12.5. The second-order valence-corrected chi connectivity index (χ2v) is 5.71. The number of rotatable bonds is 4. The molecule has 1 aromatic heterocycles. The number of carbonyl (C=O) groups is 1. The summed E-state index contributed by atoms with van der Waals surface area (Å²) in [7, 11) is 1.57. The van der Waals surface area contributed by atoms with Gasteiger partial charge in [0.2, 0.25) is 5.91 Å². The second kappa shape index (κ2) is 6.79. The van der Waals surface area contributed by atoms with Gasteiger partial charge in [-0.1, -0.05) is 24.3 Å². The van der Waals surface area contributed by atoms with Crippen molar-refractivity contribution in [2.75, 3.05) is 19.0 Å². The zero-order valence-electron chi connectivity index (χ0n) is 13.5. The molecule has 0 saturated heterocycles. The van der Waals surface area contributed by atoms with Crippen molar-refractivity contribution >= 4 is 11.7 Å². The quantitative estimate of drug-likeness (QED) is 0.942. The van der Waals surface area contributed by atoms with Crippen molar-refractivity contribution < 1.29 is 9.53 Å². The van der Waals surface area contributed by atoms with Gasteiger partial charge in [0.05, 0.1) is 13.2 Å². The van der Waals surface area contributed by atoms with Gasteiger partial charge in [-0.25, -0.2) is 4.98 Å². The van der Waals surface area contributed by atoms with Crippen LogP contribution in [0.15, 0.2) is 42.6 Å². The number of pyridine rings is 1. The fourth-order valence-electron chi connectivity index (χ4n) is 2.88. The third-order valence-corrected chi connectivity index (χ3v) is 4.32. The molecular formula is C18H21N3O2. The summed E-state index contributed by atoms with van der Waals surface area (Å²) >= 11 is 0. The minimum atomic E-state index is -0.227. The van der Waals surface area contributed by atoms with Gasteiger partial charge in [0.15, 0.2) is 11.6 Å². The van der Waals surface area contributed by atoms with E-state index >= 15 is 0 Å². The summed E-state index contributed by atoms with van der Waals surface area (Å²) in [6.45, 7) is 3.60. The Morgan fingerprint density at radius 1 is 1.26 bits per heavy atom. The smallest absolute Gasteiger partial charge is 0.242 e. The zero-order valence-corrected chi connectivity index (χ0v) is 13.5. The van der Waals surface area contributed by atoms with Crippen molar-refractivity contribution in [1.82, 2.24) is 9.88 Å². The number of fused-ring (bicyclic) bond motifs is 1. The fourth-order valence-corrected chi connectivity index (χ4v) is 2.88. The van der Waals surface area contributed by atoms with E-state index in [4.69, 9.17) is 4.74 Å². The number of benzene rings is 1. The number of nitrogens with one attached hydrogen (secondary N) is 1. The average Bonchev–Trinajstić information content (AvgIpc) is 2.61.